The van der Waals surface area contributed by atoms with Crippen molar-refractivity contribution < 1.29 is 35.9 Å². The fourth-order valence-electron chi connectivity index (χ4n) is 3.46. The minimum absolute atomic E-state index is 0.0503. The number of nitrogens with zero attached hydrogens (tertiary/aromatic N) is 2. The van der Waals surface area contributed by atoms with E-state index >= 15 is 0 Å². The van der Waals surface area contributed by atoms with Gasteiger partial charge in [0.25, 0.3) is 5.91 Å². The van der Waals surface area contributed by atoms with Crippen LogP contribution < -0.4 is 10.1 Å². The first kappa shape index (κ1) is 26.5. The molecule has 0 unspecified atom stereocenters. The average Bonchev–Trinajstić information content (AvgIpc) is 3.45. The summed E-state index contributed by atoms with van der Waals surface area (Å²) >= 11 is 12.0. The molecular weight excluding hydrogens is 544 g/mol. The fraction of sp³-hybridized carbons (Fsp3) is 0.167. The lowest BCUT2D eigenvalue weighted by Gasteiger charge is -2.10. The van der Waals surface area contributed by atoms with Crippen LogP contribution in [0.1, 0.15) is 33.3 Å². The Morgan fingerprint density at radius 1 is 1.00 bits per heavy atom. The number of furan rings is 1. The number of anilines is 1. The highest BCUT2D eigenvalue weighted by atomic mass is 35.5. The number of amides is 1. The second-order valence-corrected chi connectivity index (χ2v) is 8.68. The maximum absolute atomic E-state index is 14.1. The van der Waals surface area contributed by atoms with Crippen LogP contribution in [-0.4, -0.2) is 15.7 Å². The Hall–Kier alpha value is -3.57. The quantitative estimate of drug-likeness (QED) is 0.151. The molecule has 6 nitrogen and oxygen atoms in total. The molecule has 0 aliphatic carbocycles. The lowest BCUT2D eigenvalue weighted by atomic mass is 10.1. The molecule has 0 aliphatic heterocycles. The van der Waals surface area contributed by atoms with E-state index in [1.165, 1.54) is 32.0 Å². The Kier molecular flexibility index (Phi) is 7.47. The smallest absolute Gasteiger partial charge is 0.291 e. The lowest BCUT2D eigenvalue weighted by Crippen LogP contribution is -2.14. The van der Waals surface area contributed by atoms with Gasteiger partial charge in [-0.05, 0) is 38.1 Å². The van der Waals surface area contributed by atoms with E-state index in [1.54, 1.807) is 12.1 Å². The first-order valence-corrected chi connectivity index (χ1v) is 11.3. The van der Waals surface area contributed by atoms with Crippen molar-refractivity contribution in [3.05, 3.63) is 97.9 Å². The highest BCUT2D eigenvalue weighted by molar-refractivity contribution is 6.34. The summed E-state index contributed by atoms with van der Waals surface area (Å²) in [5.74, 6) is -10.4. The van der Waals surface area contributed by atoms with E-state index < -0.39 is 47.1 Å². The molecule has 0 bridgehead atoms. The van der Waals surface area contributed by atoms with Gasteiger partial charge in [0.2, 0.25) is 5.82 Å². The summed E-state index contributed by atoms with van der Waals surface area (Å²) in [5, 5.41) is 7.39. The molecule has 4 rings (SSSR count). The zero-order valence-corrected chi connectivity index (χ0v) is 20.6. The van der Waals surface area contributed by atoms with Crippen LogP contribution >= 0.6 is 23.2 Å². The van der Waals surface area contributed by atoms with Crippen molar-refractivity contribution in [2.45, 2.75) is 27.0 Å². The molecule has 1 amide bonds. The molecule has 0 spiro atoms. The van der Waals surface area contributed by atoms with E-state index in [4.69, 9.17) is 32.4 Å². The molecule has 37 heavy (non-hydrogen) atoms. The van der Waals surface area contributed by atoms with E-state index in [1.807, 2.05) is 0 Å². The van der Waals surface area contributed by atoms with Crippen molar-refractivity contribution in [3.8, 4) is 5.75 Å². The number of benzene rings is 2. The Balaban J connectivity index is 1.49. The summed E-state index contributed by atoms with van der Waals surface area (Å²) in [6.45, 7) is 2.14. The molecule has 0 atom stereocenters. The molecule has 13 heteroatoms. The van der Waals surface area contributed by atoms with Gasteiger partial charge in [0, 0.05) is 11.1 Å². The van der Waals surface area contributed by atoms with Gasteiger partial charge in [0.1, 0.15) is 18.1 Å². The standard InChI is InChI=1S/C24H16Cl2F5N3O3/c1-10-23(11(2)34(33-10)8-14-18(27)20(29)22(31)21(30)19(14)28)32-24(35)16-6-4-13(37-16)9-36-17-7-12(25)3-5-15(17)26/h3-7H,8-9H2,1-2H3,(H,32,35). The predicted octanol–water partition coefficient (Wildman–Crippen LogP) is 6.97. The zero-order valence-electron chi connectivity index (χ0n) is 19.1. The lowest BCUT2D eigenvalue weighted by molar-refractivity contribution is 0.0992. The highest BCUT2D eigenvalue weighted by Gasteiger charge is 2.27. The van der Waals surface area contributed by atoms with Crippen molar-refractivity contribution in [3.63, 3.8) is 0 Å². The topological polar surface area (TPSA) is 69.3 Å². The predicted molar refractivity (Wildman–Crippen MR) is 124 cm³/mol. The van der Waals surface area contributed by atoms with E-state index in [-0.39, 0.29) is 29.4 Å². The van der Waals surface area contributed by atoms with E-state index in [0.29, 0.717) is 21.6 Å². The monoisotopic (exact) mass is 559 g/mol. The van der Waals surface area contributed by atoms with Gasteiger partial charge < -0.3 is 14.5 Å². The summed E-state index contributed by atoms with van der Waals surface area (Å²) in [6.07, 6.45) is 0. The summed E-state index contributed by atoms with van der Waals surface area (Å²) in [7, 11) is 0. The number of aryl methyl sites for hydroxylation is 1. The zero-order chi connectivity index (χ0) is 27.0. The average molecular weight is 560 g/mol. The summed E-state index contributed by atoms with van der Waals surface area (Å²) in [6, 6.07) is 7.60. The van der Waals surface area contributed by atoms with Crippen molar-refractivity contribution in [1.82, 2.24) is 9.78 Å². The van der Waals surface area contributed by atoms with Crippen LogP contribution in [0.2, 0.25) is 10.0 Å². The summed E-state index contributed by atoms with van der Waals surface area (Å²) in [4.78, 5) is 12.7. The van der Waals surface area contributed by atoms with Crippen LogP contribution in [0.5, 0.6) is 5.75 Å². The fourth-order valence-corrected chi connectivity index (χ4v) is 3.79. The van der Waals surface area contributed by atoms with Gasteiger partial charge >= 0.3 is 0 Å². The number of rotatable bonds is 7. The van der Waals surface area contributed by atoms with Gasteiger partial charge in [-0.3, -0.25) is 9.48 Å². The van der Waals surface area contributed by atoms with Crippen molar-refractivity contribution in [2.24, 2.45) is 0 Å². The molecule has 0 saturated heterocycles. The van der Waals surface area contributed by atoms with E-state index in [9.17, 15) is 26.7 Å². The number of carbonyl (C=O) groups excluding carboxylic acids is 1. The number of halogens is 7. The van der Waals surface area contributed by atoms with Crippen LogP contribution in [0, 0.1) is 42.9 Å². The molecule has 0 saturated carbocycles. The van der Waals surface area contributed by atoms with Crippen molar-refractivity contribution >= 4 is 34.8 Å². The Morgan fingerprint density at radius 3 is 2.32 bits per heavy atom. The van der Waals surface area contributed by atoms with Gasteiger partial charge in [0.15, 0.2) is 29.0 Å². The van der Waals surface area contributed by atoms with Gasteiger partial charge in [-0.1, -0.05) is 23.2 Å². The third-order valence-electron chi connectivity index (χ3n) is 5.38. The summed E-state index contributed by atoms with van der Waals surface area (Å²) < 4.78 is 80.7. The molecule has 0 fully saturated rings. The molecule has 1 N–H and O–H groups in total. The maximum Gasteiger partial charge on any atom is 0.291 e. The molecular formula is C24H16Cl2F5N3O3. The highest BCUT2D eigenvalue weighted by Crippen LogP contribution is 2.29. The molecule has 0 aliphatic rings. The Morgan fingerprint density at radius 2 is 1.65 bits per heavy atom. The van der Waals surface area contributed by atoms with Crippen LogP contribution in [0.3, 0.4) is 0 Å². The van der Waals surface area contributed by atoms with E-state index in [2.05, 4.69) is 10.4 Å². The van der Waals surface area contributed by atoms with Gasteiger partial charge in [-0.15, -0.1) is 0 Å². The molecule has 2 aromatic carbocycles. The van der Waals surface area contributed by atoms with Crippen LogP contribution in [-0.2, 0) is 13.2 Å². The number of nitrogens with one attached hydrogen (secondary N) is 1. The van der Waals surface area contributed by atoms with Crippen LogP contribution in [0.25, 0.3) is 0 Å². The van der Waals surface area contributed by atoms with Crippen molar-refractivity contribution in [2.75, 3.05) is 5.32 Å². The minimum atomic E-state index is -2.25. The first-order valence-electron chi connectivity index (χ1n) is 10.5. The molecule has 4 aromatic rings. The SMILES string of the molecule is Cc1nn(Cc2c(F)c(F)c(F)c(F)c2F)c(C)c1NC(=O)c1ccc(COc2cc(Cl)ccc2Cl)o1. The molecule has 2 heterocycles. The Bertz CT molecular complexity index is 1490. The van der Waals surface area contributed by atoms with Gasteiger partial charge in [0.05, 0.1) is 34.2 Å². The largest absolute Gasteiger partial charge is 0.484 e. The Labute approximate surface area is 216 Å². The number of aromatic nitrogens is 2. The van der Waals surface area contributed by atoms with Crippen molar-refractivity contribution in [1.29, 1.82) is 0 Å². The molecule has 194 valence electrons. The van der Waals surface area contributed by atoms with Crippen LogP contribution in [0.15, 0.2) is 34.7 Å². The second-order valence-electron chi connectivity index (χ2n) is 7.84. The third-order valence-corrected chi connectivity index (χ3v) is 5.92. The molecule has 2 aromatic heterocycles. The second kappa shape index (κ2) is 10.4. The number of carbonyl (C=O) groups is 1. The minimum Gasteiger partial charge on any atom is -0.484 e. The third kappa shape index (κ3) is 5.28. The number of hydrogen-bond acceptors (Lipinski definition) is 4. The van der Waals surface area contributed by atoms with Gasteiger partial charge in [-0.2, -0.15) is 5.10 Å². The number of hydrogen-bond donors (Lipinski definition) is 1. The molecule has 0 radical (unpaired) electrons. The summed E-state index contributed by atoms with van der Waals surface area (Å²) in [5.41, 5.74) is -0.440. The first-order chi connectivity index (χ1) is 17.5. The normalized spacial score (nSPS) is 11.2. The van der Waals surface area contributed by atoms with E-state index in [0.717, 1.165) is 4.68 Å². The number of ether oxygens (including phenoxy) is 1. The maximum atomic E-state index is 14.1. The van der Waals surface area contributed by atoms with Gasteiger partial charge in [-0.25, -0.2) is 22.0 Å². The van der Waals surface area contributed by atoms with Crippen LogP contribution in [0.4, 0.5) is 27.6 Å².